The topological polar surface area (TPSA) is 73.9 Å². The van der Waals surface area contributed by atoms with Crippen LogP contribution >= 0.6 is 0 Å². The Morgan fingerprint density at radius 1 is 1.22 bits per heavy atom. The van der Waals surface area contributed by atoms with Crippen LogP contribution in [0, 0.1) is 5.92 Å². The predicted octanol–water partition coefficient (Wildman–Crippen LogP) is 1.04. The fraction of sp³-hybridized carbons (Fsp3) is 0.600. The van der Waals surface area contributed by atoms with Gasteiger partial charge in [-0.2, -0.15) is 0 Å². The van der Waals surface area contributed by atoms with Gasteiger partial charge in [0.15, 0.2) is 0 Å². The number of nitrogens with one attached hydrogen (secondary N) is 2. The van der Waals surface area contributed by atoms with Crippen molar-refractivity contribution in [3.05, 3.63) is 29.8 Å². The first-order valence-electron chi connectivity index (χ1n) is 9.46. The van der Waals surface area contributed by atoms with Gasteiger partial charge in [-0.15, -0.1) is 0 Å². The molecule has 7 heteroatoms. The number of ether oxygens (including phenoxy) is 1. The zero-order chi connectivity index (χ0) is 19.6. The van der Waals surface area contributed by atoms with Crippen LogP contribution in [0.15, 0.2) is 24.3 Å². The van der Waals surface area contributed by atoms with Crippen LogP contribution in [-0.2, 0) is 10.2 Å². The molecule has 3 rings (SSSR count). The second-order valence-electron chi connectivity index (χ2n) is 7.87. The van der Waals surface area contributed by atoms with E-state index >= 15 is 0 Å². The van der Waals surface area contributed by atoms with Crippen LogP contribution in [0.1, 0.15) is 18.4 Å². The molecular weight excluding hydrogens is 344 g/mol. The van der Waals surface area contributed by atoms with E-state index in [1.54, 1.807) is 19.1 Å². The van der Waals surface area contributed by atoms with Gasteiger partial charge in [0.1, 0.15) is 5.75 Å². The van der Waals surface area contributed by atoms with E-state index in [1.165, 1.54) is 0 Å². The molecule has 1 aromatic carbocycles. The summed E-state index contributed by atoms with van der Waals surface area (Å²) in [7, 11) is 7.30. The SMILES string of the molecule is CNC(=O)N1C[C@@H](CN(C)C)[C@H](NC(=O)C2(c3ccc(OC)cc3)CC2)C1. The van der Waals surface area contributed by atoms with Crippen molar-refractivity contribution < 1.29 is 14.3 Å². The number of hydrogen-bond acceptors (Lipinski definition) is 4. The summed E-state index contributed by atoms with van der Waals surface area (Å²) >= 11 is 0. The van der Waals surface area contributed by atoms with Gasteiger partial charge in [0, 0.05) is 32.6 Å². The van der Waals surface area contributed by atoms with Crippen LogP contribution in [-0.4, -0.2) is 75.7 Å². The van der Waals surface area contributed by atoms with Gasteiger partial charge in [0.25, 0.3) is 0 Å². The van der Waals surface area contributed by atoms with Crippen LogP contribution in [0.25, 0.3) is 0 Å². The second-order valence-corrected chi connectivity index (χ2v) is 7.87. The van der Waals surface area contributed by atoms with Crippen molar-refractivity contribution in [3.63, 3.8) is 0 Å². The molecule has 1 aliphatic carbocycles. The highest BCUT2D eigenvalue weighted by Crippen LogP contribution is 2.49. The third-order valence-corrected chi connectivity index (χ3v) is 5.69. The number of methoxy groups -OCH3 is 1. The van der Waals surface area contributed by atoms with E-state index in [0.29, 0.717) is 13.1 Å². The van der Waals surface area contributed by atoms with Crippen molar-refractivity contribution in [2.75, 3.05) is 47.9 Å². The van der Waals surface area contributed by atoms with Crippen LogP contribution in [0.2, 0.25) is 0 Å². The third kappa shape index (κ3) is 4.03. The van der Waals surface area contributed by atoms with E-state index < -0.39 is 5.41 Å². The van der Waals surface area contributed by atoms with E-state index in [4.69, 9.17) is 4.74 Å². The molecule has 2 aliphatic rings. The summed E-state index contributed by atoms with van der Waals surface area (Å²) in [4.78, 5) is 29.1. The van der Waals surface area contributed by atoms with Crippen LogP contribution in [0.5, 0.6) is 5.75 Å². The molecule has 1 saturated heterocycles. The number of carbonyl (C=O) groups excluding carboxylic acids is 2. The van der Waals surface area contributed by atoms with Crippen molar-refractivity contribution in [1.82, 2.24) is 20.4 Å². The molecule has 2 atom stereocenters. The standard InChI is InChI=1S/C20H30N4O3/c1-21-19(26)24-12-14(11-23(2)3)17(13-24)22-18(25)20(9-10-20)15-5-7-16(27-4)8-6-15/h5-8,14,17H,9-13H2,1-4H3,(H,21,26)(H,22,25)/t14-,17-/m1/s1. The van der Waals surface area contributed by atoms with Crippen molar-refractivity contribution in [1.29, 1.82) is 0 Å². The largest absolute Gasteiger partial charge is 0.497 e. The number of hydrogen-bond donors (Lipinski definition) is 2. The Kier molecular flexibility index (Phi) is 5.60. The lowest BCUT2D eigenvalue weighted by Crippen LogP contribution is -2.47. The van der Waals surface area contributed by atoms with Crippen LogP contribution < -0.4 is 15.4 Å². The van der Waals surface area contributed by atoms with Crippen LogP contribution in [0.3, 0.4) is 0 Å². The minimum atomic E-state index is -0.435. The molecule has 2 fully saturated rings. The highest BCUT2D eigenvalue weighted by molar-refractivity contribution is 5.91. The summed E-state index contributed by atoms with van der Waals surface area (Å²) in [5.74, 6) is 1.08. The highest BCUT2D eigenvalue weighted by Gasteiger charge is 2.52. The Bertz CT molecular complexity index is 685. The quantitative estimate of drug-likeness (QED) is 0.780. The van der Waals surface area contributed by atoms with Gasteiger partial charge >= 0.3 is 6.03 Å². The van der Waals surface area contributed by atoms with Gasteiger partial charge in [0.2, 0.25) is 5.91 Å². The number of rotatable bonds is 6. The normalized spacial score (nSPS) is 23.2. The first-order valence-corrected chi connectivity index (χ1v) is 9.46. The van der Waals surface area contributed by atoms with Gasteiger partial charge < -0.3 is 25.2 Å². The summed E-state index contributed by atoms with van der Waals surface area (Å²) in [5, 5.41) is 5.94. The number of benzene rings is 1. The first kappa shape index (κ1) is 19.5. The molecule has 1 aromatic rings. The number of amides is 3. The second kappa shape index (κ2) is 7.76. The molecule has 0 aromatic heterocycles. The van der Waals surface area contributed by atoms with Gasteiger partial charge in [0.05, 0.1) is 18.6 Å². The van der Waals surface area contributed by atoms with Crippen molar-refractivity contribution in [3.8, 4) is 5.75 Å². The predicted molar refractivity (Wildman–Crippen MR) is 104 cm³/mol. The Morgan fingerprint density at radius 2 is 1.89 bits per heavy atom. The number of likely N-dealkylation sites (tertiary alicyclic amines) is 1. The molecule has 1 heterocycles. The summed E-state index contributed by atoms with van der Waals surface area (Å²) in [6.07, 6.45) is 1.71. The summed E-state index contributed by atoms with van der Waals surface area (Å²) < 4.78 is 5.22. The Balaban J connectivity index is 1.71. The molecule has 0 bridgehead atoms. The maximum Gasteiger partial charge on any atom is 0.317 e. The smallest absolute Gasteiger partial charge is 0.317 e. The lowest BCUT2D eigenvalue weighted by atomic mass is 9.93. The Morgan fingerprint density at radius 3 is 2.41 bits per heavy atom. The molecule has 148 valence electrons. The molecule has 27 heavy (non-hydrogen) atoms. The van der Waals surface area contributed by atoms with E-state index in [9.17, 15) is 9.59 Å². The van der Waals surface area contributed by atoms with Gasteiger partial charge in [-0.3, -0.25) is 4.79 Å². The summed E-state index contributed by atoms with van der Waals surface area (Å²) in [6.45, 7) is 2.02. The van der Waals surface area contributed by atoms with Crippen LogP contribution in [0.4, 0.5) is 4.79 Å². The van der Waals surface area contributed by atoms with Crippen molar-refractivity contribution >= 4 is 11.9 Å². The van der Waals surface area contributed by atoms with Gasteiger partial charge in [-0.25, -0.2) is 4.79 Å². The van der Waals surface area contributed by atoms with E-state index in [-0.39, 0.29) is 23.9 Å². The lowest BCUT2D eigenvalue weighted by Gasteiger charge is -2.25. The molecular formula is C20H30N4O3. The van der Waals surface area contributed by atoms with Crippen molar-refractivity contribution in [2.45, 2.75) is 24.3 Å². The summed E-state index contributed by atoms with van der Waals surface area (Å²) in [5.41, 5.74) is 0.598. The molecule has 0 radical (unpaired) electrons. The van der Waals surface area contributed by atoms with Gasteiger partial charge in [-0.05, 0) is 44.6 Å². The molecule has 1 aliphatic heterocycles. The summed E-state index contributed by atoms with van der Waals surface area (Å²) in [6, 6.07) is 7.64. The third-order valence-electron chi connectivity index (χ3n) is 5.69. The highest BCUT2D eigenvalue weighted by atomic mass is 16.5. The van der Waals surface area contributed by atoms with Gasteiger partial charge in [-0.1, -0.05) is 12.1 Å². The van der Waals surface area contributed by atoms with E-state index in [0.717, 1.165) is 30.7 Å². The zero-order valence-electron chi connectivity index (χ0n) is 16.6. The van der Waals surface area contributed by atoms with E-state index in [2.05, 4.69) is 15.5 Å². The molecule has 2 N–H and O–H groups in total. The minimum Gasteiger partial charge on any atom is -0.497 e. The Labute approximate surface area is 161 Å². The maximum absolute atomic E-state index is 13.1. The first-order chi connectivity index (χ1) is 12.9. The monoisotopic (exact) mass is 374 g/mol. The van der Waals surface area contributed by atoms with E-state index in [1.807, 2.05) is 38.4 Å². The number of carbonyl (C=O) groups is 2. The molecule has 7 nitrogen and oxygen atoms in total. The average Bonchev–Trinajstić information content (AvgIpc) is 3.39. The average molecular weight is 374 g/mol. The number of nitrogens with zero attached hydrogens (tertiary/aromatic N) is 2. The number of urea groups is 1. The maximum atomic E-state index is 13.1. The van der Waals surface area contributed by atoms with Crippen molar-refractivity contribution in [2.24, 2.45) is 5.92 Å². The molecule has 3 amide bonds. The lowest BCUT2D eigenvalue weighted by molar-refractivity contribution is -0.124. The minimum absolute atomic E-state index is 0.0343. The fourth-order valence-corrected chi connectivity index (χ4v) is 4.00. The molecule has 0 unspecified atom stereocenters. The molecule has 0 spiro atoms. The zero-order valence-corrected chi connectivity index (χ0v) is 16.6. The molecule has 1 saturated carbocycles. The fourth-order valence-electron chi connectivity index (χ4n) is 4.00. The Hall–Kier alpha value is -2.28.